The van der Waals surface area contributed by atoms with Crippen LogP contribution < -0.4 is 0 Å². The third-order valence-corrected chi connectivity index (χ3v) is 4.21. The van der Waals surface area contributed by atoms with Crippen molar-refractivity contribution in [1.29, 1.82) is 0 Å². The number of carbonyl (C=O) groups excluding carboxylic acids is 3. The van der Waals surface area contributed by atoms with Crippen molar-refractivity contribution in [3.8, 4) is 0 Å². The molecular weight excluding hydrogens is 258 g/mol. The molecule has 0 aromatic rings. The Labute approximate surface area is 119 Å². The number of likely N-dealkylation sites (N-methyl/N-ethyl adjacent to an activating group) is 1. The van der Waals surface area contributed by atoms with Gasteiger partial charge in [0, 0.05) is 39.6 Å². The van der Waals surface area contributed by atoms with Gasteiger partial charge in [-0.2, -0.15) is 0 Å². The number of amides is 3. The van der Waals surface area contributed by atoms with E-state index in [0.717, 1.165) is 12.8 Å². The van der Waals surface area contributed by atoms with Gasteiger partial charge in [0.25, 0.3) is 0 Å². The lowest BCUT2D eigenvalue weighted by molar-refractivity contribution is -0.138. The Kier molecular flexibility index (Phi) is 4.75. The Morgan fingerprint density at radius 3 is 2.35 bits per heavy atom. The van der Waals surface area contributed by atoms with Crippen molar-refractivity contribution >= 4 is 17.7 Å². The number of hydrogen-bond acceptors (Lipinski definition) is 4. The van der Waals surface area contributed by atoms with Crippen LogP contribution >= 0.6 is 0 Å². The van der Waals surface area contributed by atoms with E-state index < -0.39 is 0 Å². The van der Waals surface area contributed by atoms with E-state index in [9.17, 15) is 14.4 Å². The quantitative estimate of drug-likeness (QED) is 0.685. The molecule has 0 spiro atoms. The van der Waals surface area contributed by atoms with E-state index in [4.69, 9.17) is 0 Å². The van der Waals surface area contributed by atoms with Crippen LogP contribution in [-0.4, -0.2) is 71.7 Å². The Hall–Kier alpha value is -1.43. The average molecular weight is 281 g/mol. The van der Waals surface area contributed by atoms with Gasteiger partial charge in [-0.25, -0.2) is 0 Å². The molecule has 2 aliphatic rings. The number of piperazine rings is 1. The molecule has 0 bridgehead atoms. The van der Waals surface area contributed by atoms with E-state index in [0.29, 0.717) is 32.6 Å². The molecule has 0 N–H and O–H groups in total. The summed E-state index contributed by atoms with van der Waals surface area (Å²) in [5.41, 5.74) is 0. The first kappa shape index (κ1) is 15.0. The van der Waals surface area contributed by atoms with E-state index in [2.05, 4.69) is 6.92 Å². The largest absolute Gasteiger partial charge is 0.340 e. The highest BCUT2D eigenvalue weighted by Crippen LogP contribution is 2.19. The van der Waals surface area contributed by atoms with Crippen molar-refractivity contribution in [3.05, 3.63) is 0 Å². The van der Waals surface area contributed by atoms with Crippen LogP contribution in [0.1, 0.15) is 32.6 Å². The summed E-state index contributed by atoms with van der Waals surface area (Å²) >= 11 is 0. The minimum absolute atomic E-state index is 0.110. The fraction of sp³-hybridized carbons (Fsp3) is 0.786. The molecule has 2 fully saturated rings. The van der Waals surface area contributed by atoms with Gasteiger partial charge in [-0.1, -0.05) is 13.3 Å². The van der Waals surface area contributed by atoms with Gasteiger partial charge in [0.05, 0.1) is 12.5 Å². The number of nitrogens with zero attached hydrogens (tertiary/aromatic N) is 3. The zero-order chi connectivity index (χ0) is 14.7. The number of likely N-dealkylation sites (tertiary alicyclic amines) is 1. The second-order valence-electron chi connectivity index (χ2n) is 5.53. The molecule has 2 aliphatic heterocycles. The first-order chi connectivity index (χ1) is 9.54. The third-order valence-electron chi connectivity index (χ3n) is 4.21. The van der Waals surface area contributed by atoms with E-state index in [1.54, 1.807) is 0 Å². The summed E-state index contributed by atoms with van der Waals surface area (Å²) < 4.78 is 0. The van der Waals surface area contributed by atoms with Gasteiger partial charge in [0.1, 0.15) is 0 Å². The smallest absolute Gasteiger partial charge is 0.246 e. The first-order valence-electron chi connectivity index (χ1n) is 7.36. The van der Waals surface area contributed by atoms with E-state index >= 15 is 0 Å². The molecule has 0 aliphatic carbocycles. The maximum atomic E-state index is 12.0. The van der Waals surface area contributed by atoms with Crippen LogP contribution in [-0.2, 0) is 14.4 Å². The zero-order valence-corrected chi connectivity index (χ0v) is 12.3. The fourth-order valence-corrected chi connectivity index (χ4v) is 2.79. The second-order valence-corrected chi connectivity index (χ2v) is 5.53. The minimum Gasteiger partial charge on any atom is -0.340 e. The fourth-order valence-electron chi connectivity index (χ4n) is 2.79. The van der Waals surface area contributed by atoms with Crippen LogP contribution in [0, 0.1) is 0 Å². The lowest BCUT2D eigenvalue weighted by Crippen LogP contribution is -2.53. The molecule has 0 aromatic carbocycles. The molecule has 0 saturated carbocycles. The van der Waals surface area contributed by atoms with Gasteiger partial charge in [0.15, 0.2) is 0 Å². The molecule has 6 nitrogen and oxygen atoms in total. The van der Waals surface area contributed by atoms with Crippen LogP contribution in [0.25, 0.3) is 0 Å². The maximum absolute atomic E-state index is 12.0. The standard InChI is InChI=1S/C14H23N3O3/c1-3-4-5-12(18)17-8-6-16(7-9-17)11-10-13(19)15(2)14(11)20/h11H,3-10H2,1-2H3. The zero-order valence-electron chi connectivity index (χ0n) is 12.3. The lowest BCUT2D eigenvalue weighted by Gasteiger charge is -2.37. The second kappa shape index (κ2) is 6.35. The third kappa shape index (κ3) is 3.00. The van der Waals surface area contributed by atoms with E-state index in [1.807, 2.05) is 9.80 Å². The molecule has 6 heteroatoms. The van der Waals surface area contributed by atoms with Crippen molar-refractivity contribution in [3.63, 3.8) is 0 Å². The molecule has 0 aromatic heterocycles. The highest BCUT2D eigenvalue weighted by molar-refractivity contribution is 6.05. The normalized spacial score (nSPS) is 24.6. The molecule has 2 heterocycles. The monoisotopic (exact) mass is 281 g/mol. The molecule has 1 atom stereocenters. The van der Waals surface area contributed by atoms with Crippen LogP contribution in [0.4, 0.5) is 0 Å². The first-order valence-corrected chi connectivity index (χ1v) is 7.36. The summed E-state index contributed by atoms with van der Waals surface area (Å²) in [6.07, 6.45) is 2.84. The number of hydrogen-bond donors (Lipinski definition) is 0. The molecule has 1 unspecified atom stereocenters. The van der Waals surface area contributed by atoms with Crippen LogP contribution in [0.15, 0.2) is 0 Å². The van der Waals surface area contributed by atoms with Crippen molar-refractivity contribution in [2.24, 2.45) is 0 Å². The van der Waals surface area contributed by atoms with Crippen molar-refractivity contribution in [2.45, 2.75) is 38.6 Å². The summed E-state index contributed by atoms with van der Waals surface area (Å²) in [4.78, 5) is 40.5. The molecular formula is C14H23N3O3. The number of carbonyl (C=O) groups is 3. The van der Waals surface area contributed by atoms with Crippen molar-refractivity contribution < 1.29 is 14.4 Å². The van der Waals surface area contributed by atoms with Crippen molar-refractivity contribution in [2.75, 3.05) is 33.2 Å². The highest BCUT2D eigenvalue weighted by atomic mass is 16.2. The van der Waals surface area contributed by atoms with E-state index in [-0.39, 0.29) is 30.2 Å². The molecule has 3 amide bonds. The summed E-state index contributed by atoms with van der Waals surface area (Å²) in [5, 5.41) is 0. The van der Waals surface area contributed by atoms with Crippen LogP contribution in [0.5, 0.6) is 0 Å². The summed E-state index contributed by atoms with van der Waals surface area (Å²) in [7, 11) is 1.54. The molecule has 0 radical (unpaired) electrons. The van der Waals surface area contributed by atoms with Crippen LogP contribution in [0.3, 0.4) is 0 Å². The maximum Gasteiger partial charge on any atom is 0.246 e. The minimum atomic E-state index is -0.319. The predicted octanol–water partition coefficient (Wildman–Crippen LogP) is 0.0781. The summed E-state index contributed by atoms with van der Waals surface area (Å²) in [5.74, 6) is -0.0142. The Balaban J connectivity index is 1.84. The Bertz CT molecular complexity index is 402. The predicted molar refractivity (Wildman–Crippen MR) is 73.9 cm³/mol. The number of imide groups is 1. The van der Waals surface area contributed by atoms with Gasteiger partial charge in [-0.15, -0.1) is 0 Å². The Morgan fingerprint density at radius 2 is 1.85 bits per heavy atom. The van der Waals surface area contributed by atoms with Crippen molar-refractivity contribution in [1.82, 2.24) is 14.7 Å². The van der Waals surface area contributed by atoms with Gasteiger partial charge in [-0.05, 0) is 6.42 Å². The highest BCUT2D eigenvalue weighted by Gasteiger charge is 2.40. The summed E-state index contributed by atoms with van der Waals surface area (Å²) in [6, 6.07) is -0.319. The number of rotatable bonds is 4. The topological polar surface area (TPSA) is 60.9 Å². The molecule has 112 valence electrons. The molecule has 2 rings (SSSR count). The molecule has 20 heavy (non-hydrogen) atoms. The van der Waals surface area contributed by atoms with Gasteiger partial charge >= 0.3 is 0 Å². The van der Waals surface area contributed by atoms with Gasteiger partial charge in [0.2, 0.25) is 17.7 Å². The lowest BCUT2D eigenvalue weighted by atomic mass is 10.1. The number of unbranched alkanes of at least 4 members (excludes halogenated alkanes) is 1. The van der Waals surface area contributed by atoms with Crippen LogP contribution in [0.2, 0.25) is 0 Å². The molecule has 2 saturated heterocycles. The Morgan fingerprint density at radius 1 is 1.20 bits per heavy atom. The van der Waals surface area contributed by atoms with E-state index in [1.165, 1.54) is 11.9 Å². The average Bonchev–Trinajstić information content (AvgIpc) is 2.72. The SMILES string of the molecule is CCCCC(=O)N1CCN(C2CC(=O)N(C)C2=O)CC1. The van der Waals surface area contributed by atoms with Gasteiger partial charge in [-0.3, -0.25) is 24.2 Å². The summed E-state index contributed by atoms with van der Waals surface area (Å²) in [6.45, 7) is 4.74. The van der Waals surface area contributed by atoms with Gasteiger partial charge < -0.3 is 4.90 Å².